The second-order valence-corrected chi connectivity index (χ2v) is 4.33. The number of carboxylic acid groups (broad SMARTS) is 1. The maximum Gasteiger partial charge on any atom is 0.347 e. The van der Waals surface area contributed by atoms with E-state index < -0.39 is 53.2 Å². The lowest BCUT2D eigenvalue weighted by Crippen LogP contribution is -2.30. The number of hydrogen-bond acceptors (Lipinski definition) is 2. The first-order valence-corrected chi connectivity index (χ1v) is 5.93. The van der Waals surface area contributed by atoms with Gasteiger partial charge in [-0.3, -0.25) is 0 Å². The molecule has 0 amide bonds. The average Bonchev–Trinajstić information content (AvgIpc) is 2.38. The van der Waals surface area contributed by atoms with Crippen LogP contribution in [0.3, 0.4) is 0 Å². The molecule has 1 N–H and O–H groups in total. The molecule has 3 nitrogen and oxygen atoms in total. The highest BCUT2D eigenvalue weighted by Crippen LogP contribution is 2.40. The molecule has 1 rings (SSSR count). The van der Waals surface area contributed by atoms with Gasteiger partial charge in [0.2, 0.25) is 6.10 Å². The molecule has 0 aliphatic rings. The topological polar surface area (TPSA) is 46.5 Å². The van der Waals surface area contributed by atoms with Gasteiger partial charge in [0.15, 0.2) is 0 Å². The SMILES string of the molecule is CCC(F)(F)c1cc(Cl)c(F)cc1OC(CF)C(=O)O. The van der Waals surface area contributed by atoms with E-state index in [1.165, 1.54) is 6.92 Å². The molecule has 0 heterocycles. The predicted molar refractivity (Wildman–Crippen MR) is 63.6 cm³/mol. The standard InChI is InChI=1S/C12H11ClF4O3/c1-2-12(16,17)6-3-7(13)8(15)4-9(6)20-10(5-14)11(18)19/h3-4,10H,2,5H2,1H3,(H,18,19). The van der Waals surface area contributed by atoms with Crippen molar-refractivity contribution in [2.75, 3.05) is 6.67 Å². The molecular formula is C12H11ClF4O3. The van der Waals surface area contributed by atoms with Gasteiger partial charge < -0.3 is 9.84 Å². The molecule has 112 valence electrons. The molecular weight excluding hydrogens is 304 g/mol. The molecule has 1 atom stereocenters. The van der Waals surface area contributed by atoms with E-state index in [9.17, 15) is 22.4 Å². The summed E-state index contributed by atoms with van der Waals surface area (Å²) in [7, 11) is 0. The number of benzene rings is 1. The van der Waals surface area contributed by atoms with Crippen molar-refractivity contribution in [1.82, 2.24) is 0 Å². The highest BCUT2D eigenvalue weighted by molar-refractivity contribution is 6.30. The summed E-state index contributed by atoms with van der Waals surface area (Å²) >= 11 is 5.43. The molecule has 0 saturated carbocycles. The average molecular weight is 315 g/mol. The van der Waals surface area contributed by atoms with Gasteiger partial charge >= 0.3 is 5.97 Å². The summed E-state index contributed by atoms with van der Waals surface area (Å²) in [6.45, 7) is -0.276. The van der Waals surface area contributed by atoms with Crippen LogP contribution in [0.15, 0.2) is 12.1 Å². The predicted octanol–water partition coefficient (Wildman–Crippen LogP) is 3.78. The number of halogens is 5. The first-order valence-electron chi connectivity index (χ1n) is 5.55. The minimum atomic E-state index is -3.41. The smallest absolute Gasteiger partial charge is 0.347 e. The van der Waals surface area contributed by atoms with Crippen LogP contribution in [-0.4, -0.2) is 23.9 Å². The summed E-state index contributed by atoms with van der Waals surface area (Å²) in [6.07, 6.45) is -2.64. The summed E-state index contributed by atoms with van der Waals surface area (Å²) in [6, 6.07) is 1.17. The van der Waals surface area contributed by atoms with Gasteiger partial charge in [0.25, 0.3) is 5.92 Å². The van der Waals surface area contributed by atoms with Crippen LogP contribution in [0.1, 0.15) is 18.9 Å². The third kappa shape index (κ3) is 3.53. The van der Waals surface area contributed by atoms with Crippen LogP contribution in [0, 0.1) is 5.82 Å². The van der Waals surface area contributed by atoms with Crippen molar-refractivity contribution in [1.29, 1.82) is 0 Å². The molecule has 0 aliphatic carbocycles. The Balaban J connectivity index is 3.30. The Hall–Kier alpha value is -1.50. The van der Waals surface area contributed by atoms with Crippen LogP contribution in [-0.2, 0) is 10.7 Å². The zero-order valence-electron chi connectivity index (χ0n) is 10.3. The zero-order valence-corrected chi connectivity index (χ0v) is 11.1. The van der Waals surface area contributed by atoms with Crippen molar-refractivity contribution in [3.8, 4) is 5.75 Å². The largest absolute Gasteiger partial charge is 0.478 e. The van der Waals surface area contributed by atoms with E-state index in [0.29, 0.717) is 12.1 Å². The van der Waals surface area contributed by atoms with Crippen LogP contribution in [0.4, 0.5) is 17.6 Å². The lowest BCUT2D eigenvalue weighted by Gasteiger charge is -2.21. The molecule has 0 fully saturated rings. The Bertz CT molecular complexity index is 508. The van der Waals surface area contributed by atoms with Crippen molar-refractivity contribution < 1.29 is 32.2 Å². The van der Waals surface area contributed by atoms with Crippen LogP contribution < -0.4 is 4.74 Å². The summed E-state index contributed by atoms with van der Waals surface area (Å²) in [5, 5.41) is 8.07. The molecule has 0 radical (unpaired) electrons. The van der Waals surface area contributed by atoms with Gasteiger partial charge in [-0.25, -0.2) is 22.4 Å². The fourth-order valence-corrected chi connectivity index (χ4v) is 1.57. The van der Waals surface area contributed by atoms with Crippen molar-refractivity contribution in [3.05, 3.63) is 28.5 Å². The normalized spacial score (nSPS) is 13.1. The van der Waals surface area contributed by atoms with Gasteiger partial charge in [-0.05, 0) is 6.07 Å². The van der Waals surface area contributed by atoms with Gasteiger partial charge in [0, 0.05) is 12.5 Å². The second-order valence-electron chi connectivity index (χ2n) is 3.92. The van der Waals surface area contributed by atoms with Gasteiger partial charge in [-0.15, -0.1) is 0 Å². The molecule has 0 bridgehead atoms. The van der Waals surface area contributed by atoms with E-state index in [1.807, 2.05) is 0 Å². The minimum Gasteiger partial charge on any atom is -0.478 e. The molecule has 0 aliphatic heterocycles. The quantitative estimate of drug-likeness (QED) is 0.813. The molecule has 0 spiro atoms. The number of carboxylic acids is 1. The number of ether oxygens (including phenoxy) is 1. The Labute approximate surface area is 117 Å². The second kappa shape index (κ2) is 6.30. The number of aliphatic carboxylic acids is 1. The van der Waals surface area contributed by atoms with Crippen LogP contribution in [0.25, 0.3) is 0 Å². The van der Waals surface area contributed by atoms with E-state index in [-0.39, 0.29) is 0 Å². The van der Waals surface area contributed by atoms with Crippen LogP contribution in [0.5, 0.6) is 5.75 Å². The first kappa shape index (κ1) is 16.6. The summed E-state index contributed by atoms with van der Waals surface area (Å²) in [4.78, 5) is 10.6. The number of alkyl halides is 3. The van der Waals surface area contributed by atoms with Crippen molar-refractivity contribution in [2.45, 2.75) is 25.4 Å². The van der Waals surface area contributed by atoms with Crippen LogP contribution in [0.2, 0.25) is 5.02 Å². The van der Waals surface area contributed by atoms with E-state index in [0.717, 1.165) is 0 Å². The first-order chi connectivity index (χ1) is 9.22. The van der Waals surface area contributed by atoms with E-state index >= 15 is 0 Å². The maximum atomic E-state index is 13.7. The number of carbonyl (C=O) groups is 1. The third-order valence-electron chi connectivity index (χ3n) is 2.55. The zero-order chi connectivity index (χ0) is 15.5. The van der Waals surface area contributed by atoms with Gasteiger partial charge in [-0.1, -0.05) is 18.5 Å². The number of rotatable bonds is 6. The molecule has 1 aromatic rings. The van der Waals surface area contributed by atoms with Crippen molar-refractivity contribution >= 4 is 17.6 Å². The fraction of sp³-hybridized carbons (Fsp3) is 0.417. The highest BCUT2D eigenvalue weighted by atomic mass is 35.5. The summed E-state index contributed by atoms with van der Waals surface area (Å²) in [5.74, 6) is -6.91. The Morgan fingerprint density at radius 1 is 1.50 bits per heavy atom. The highest BCUT2D eigenvalue weighted by Gasteiger charge is 2.35. The Morgan fingerprint density at radius 3 is 2.55 bits per heavy atom. The van der Waals surface area contributed by atoms with Gasteiger partial charge in [-0.2, -0.15) is 0 Å². The fourth-order valence-electron chi connectivity index (χ4n) is 1.40. The van der Waals surface area contributed by atoms with Gasteiger partial charge in [0.1, 0.15) is 18.2 Å². The molecule has 1 unspecified atom stereocenters. The van der Waals surface area contributed by atoms with E-state index in [4.69, 9.17) is 16.7 Å². The minimum absolute atomic E-state index is 0.521. The van der Waals surface area contributed by atoms with E-state index in [2.05, 4.69) is 4.74 Å². The maximum absolute atomic E-state index is 13.7. The Kier molecular flexibility index (Phi) is 5.21. The molecule has 20 heavy (non-hydrogen) atoms. The van der Waals surface area contributed by atoms with E-state index in [1.54, 1.807) is 0 Å². The summed E-state index contributed by atoms with van der Waals surface area (Å²) < 4.78 is 57.8. The summed E-state index contributed by atoms with van der Waals surface area (Å²) in [5.41, 5.74) is -0.786. The lowest BCUT2D eigenvalue weighted by atomic mass is 10.0. The third-order valence-corrected chi connectivity index (χ3v) is 2.84. The molecule has 0 aromatic heterocycles. The van der Waals surface area contributed by atoms with Crippen molar-refractivity contribution in [3.63, 3.8) is 0 Å². The molecule has 1 aromatic carbocycles. The van der Waals surface area contributed by atoms with Crippen LogP contribution >= 0.6 is 11.6 Å². The molecule has 8 heteroatoms. The van der Waals surface area contributed by atoms with Gasteiger partial charge in [0.05, 0.1) is 10.6 Å². The Morgan fingerprint density at radius 2 is 2.10 bits per heavy atom. The van der Waals surface area contributed by atoms with Crippen molar-refractivity contribution in [2.24, 2.45) is 0 Å². The lowest BCUT2D eigenvalue weighted by molar-refractivity contribution is -0.146. The monoisotopic (exact) mass is 314 g/mol. The molecule has 0 saturated heterocycles. The number of hydrogen-bond donors (Lipinski definition) is 1.